The van der Waals surface area contributed by atoms with Gasteiger partial charge in [-0.25, -0.2) is 0 Å². The smallest absolute Gasteiger partial charge is 0.125 e. The van der Waals surface area contributed by atoms with Crippen molar-refractivity contribution in [2.24, 2.45) is 17.6 Å². The highest BCUT2D eigenvalue weighted by Crippen LogP contribution is 2.28. The molecule has 1 aliphatic heterocycles. The Labute approximate surface area is 109 Å². The molecule has 2 rings (SSSR count). The predicted octanol–water partition coefficient (Wildman–Crippen LogP) is 2.24. The minimum atomic E-state index is 0.124. The highest BCUT2D eigenvalue weighted by Gasteiger charge is 2.23. The van der Waals surface area contributed by atoms with Crippen LogP contribution in [0.3, 0.4) is 0 Å². The Hall–Kier alpha value is -1.58. The molecule has 18 heavy (non-hydrogen) atoms. The molecule has 3 N–H and O–H groups in total. The molecule has 98 valence electrons. The van der Waals surface area contributed by atoms with E-state index in [9.17, 15) is 0 Å². The van der Waals surface area contributed by atoms with Gasteiger partial charge in [0.25, 0.3) is 0 Å². The second-order valence-corrected chi connectivity index (χ2v) is 5.37. The summed E-state index contributed by atoms with van der Waals surface area (Å²) < 4.78 is 0. The Balaban J connectivity index is 2.12. The summed E-state index contributed by atoms with van der Waals surface area (Å²) >= 11 is 0. The van der Waals surface area contributed by atoms with Crippen LogP contribution in [0.5, 0.6) is 0 Å². The van der Waals surface area contributed by atoms with E-state index in [1.54, 1.807) is 6.20 Å². The maximum atomic E-state index is 7.63. The summed E-state index contributed by atoms with van der Waals surface area (Å²) in [5.74, 6) is 1.70. The molecule has 1 saturated heterocycles. The highest BCUT2D eigenvalue weighted by atomic mass is 15.1. The number of piperidine rings is 1. The lowest BCUT2D eigenvalue weighted by Crippen LogP contribution is -2.36. The Morgan fingerprint density at radius 3 is 2.67 bits per heavy atom. The molecule has 0 amide bonds. The molecule has 1 fully saturated rings. The Morgan fingerprint density at radius 2 is 2.11 bits per heavy atom. The van der Waals surface area contributed by atoms with E-state index >= 15 is 0 Å². The first-order valence-corrected chi connectivity index (χ1v) is 6.63. The fraction of sp³-hybridized carbons (Fsp3) is 0.571. The van der Waals surface area contributed by atoms with Gasteiger partial charge in [-0.2, -0.15) is 0 Å². The second-order valence-electron chi connectivity index (χ2n) is 5.37. The van der Waals surface area contributed by atoms with Crippen LogP contribution in [0.4, 0.5) is 5.69 Å². The summed E-state index contributed by atoms with van der Waals surface area (Å²) in [6.07, 6.45) is 5.95. The van der Waals surface area contributed by atoms with Crippen LogP contribution >= 0.6 is 0 Å². The van der Waals surface area contributed by atoms with E-state index in [-0.39, 0.29) is 5.84 Å². The molecule has 2 heterocycles. The summed E-state index contributed by atoms with van der Waals surface area (Å²) in [5, 5.41) is 7.63. The van der Waals surface area contributed by atoms with Gasteiger partial charge in [-0.1, -0.05) is 13.8 Å². The van der Waals surface area contributed by atoms with E-state index in [0.717, 1.165) is 36.2 Å². The van der Waals surface area contributed by atoms with Crippen LogP contribution in [0.1, 0.15) is 32.3 Å². The molecule has 0 unspecified atom stereocenters. The van der Waals surface area contributed by atoms with Crippen molar-refractivity contribution in [3.8, 4) is 0 Å². The van der Waals surface area contributed by atoms with Crippen LogP contribution in [0.2, 0.25) is 0 Å². The zero-order valence-corrected chi connectivity index (χ0v) is 11.2. The Morgan fingerprint density at radius 1 is 1.44 bits per heavy atom. The topological polar surface area (TPSA) is 66.0 Å². The first kappa shape index (κ1) is 12.9. The van der Waals surface area contributed by atoms with Crippen molar-refractivity contribution in [2.75, 3.05) is 18.0 Å². The Kier molecular flexibility index (Phi) is 3.84. The zero-order valence-electron chi connectivity index (χ0n) is 11.2. The van der Waals surface area contributed by atoms with E-state index in [0.29, 0.717) is 0 Å². The van der Waals surface area contributed by atoms with Gasteiger partial charge in [-0.05, 0) is 30.7 Å². The van der Waals surface area contributed by atoms with Crippen LogP contribution in [-0.4, -0.2) is 23.9 Å². The van der Waals surface area contributed by atoms with E-state index in [1.165, 1.54) is 12.8 Å². The third kappa shape index (κ3) is 2.63. The number of pyridine rings is 1. The molecule has 1 aromatic heterocycles. The van der Waals surface area contributed by atoms with Crippen molar-refractivity contribution >= 4 is 11.5 Å². The van der Waals surface area contributed by atoms with Crippen molar-refractivity contribution in [3.05, 3.63) is 24.0 Å². The molecule has 1 aromatic rings. The average molecular weight is 246 g/mol. The molecule has 1 aliphatic rings. The molecule has 0 aliphatic carbocycles. The molecular formula is C14H22N4. The van der Waals surface area contributed by atoms with Gasteiger partial charge >= 0.3 is 0 Å². The monoisotopic (exact) mass is 246 g/mol. The molecule has 4 heteroatoms. The number of rotatable bonds is 3. The maximum absolute atomic E-state index is 7.63. The van der Waals surface area contributed by atoms with Crippen LogP contribution in [0.25, 0.3) is 0 Å². The molecular weight excluding hydrogens is 224 g/mol. The van der Waals surface area contributed by atoms with E-state index < -0.39 is 0 Å². The van der Waals surface area contributed by atoms with Crippen molar-refractivity contribution in [2.45, 2.75) is 26.7 Å². The van der Waals surface area contributed by atoms with Gasteiger partial charge < -0.3 is 10.6 Å². The number of nitrogen functional groups attached to an aromatic ring is 1. The van der Waals surface area contributed by atoms with E-state index in [1.807, 2.05) is 12.3 Å². The highest BCUT2D eigenvalue weighted by molar-refractivity contribution is 6.00. The van der Waals surface area contributed by atoms with Crippen molar-refractivity contribution in [1.29, 1.82) is 5.41 Å². The molecule has 0 spiro atoms. The van der Waals surface area contributed by atoms with E-state index in [2.05, 4.69) is 23.7 Å². The number of anilines is 1. The van der Waals surface area contributed by atoms with Gasteiger partial charge in [0, 0.05) is 24.8 Å². The SMILES string of the molecule is CC(C)C1CCN(c2cnccc2C(=N)N)CC1. The Bertz CT molecular complexity index is 420. The van der Waals surface area contributed by atoms with Crippen LogP contribution in [0.15, 0.2) is 18.5 Å². The summed E-state index contributed by atoms with van der Waals surface area (Å²) in [6, 6.07) is 1.83. The lowest BCUT2D eigenvalue weighted by atomic mass is 9.86. The molecule has 0 saturated carbocycles. The van der Waals surface area contributed by atoms with Gasteiger partial charge in [0.15, 0.2) is 0 Å². The summed E-state index contributed by atoms with van der Waals surface area (Å²) in [4.78, 5) is 6.47. The number of hydrogen-bond donors (Lipinski definition) is 2. The summed E-state index contributed by atoms with van der Waals surface area (Å²) in [7, 11) is 0. The minimum absolute atomic E-state index is 0.124. The molecule has 0 atom stereocenters. The first-order valence-electron chi connectivity index (χ1n) is 6.63. The number of nitrogens with one attached hydrogen (secondary N) is 1. The van der Waals surface area contributed by atoms with Crippen molar-refractivity contribution in [3.63, 3.8) is 0 Å². The normalized spacial score (nSPS) is 17.2. The van der Waals surface area contributed by atoms with Gasteiger partial charge in [0.2, 0.25) is 0 Å². The standard InChI is InChI=1S/C14H22N4/c1-10(2)11-4-7-18(8-5-11)13-9-17-6-3-12(13)14(15)16/h3,6,9-11H,4-5,7-8H2,1-2H3,(H3,15,16). The van der Waals surface area contributed by atoms with Crippen LogP contribution < -0.4 is 10.6 Å². The molecule has 0 aromatic carbocycles. The number of nitrogens with zero attached hydrogens (tertiary/aromatic N) is 2. The van der Waals surface area contributed by atoms with Gasteiger partial charge in [0.05, 0.1) is 11.9 Å². The zero-order chi connectivity index (χ0) is 13.1. The number of amidine groups is 1. The lowest BCUT2D eigenvalue weighted by Gasteiger charge is -2.35. The minimum Gasteiger partial charge on any atom is -0.384 e. The molecule has 0 bridgehead atoms. The third-order valence-electron chi connectivity index (χ3n) is 3.91. The van der Waals surface area contributed by atoms with Crippen LogP contribution in [-0.2, 0) is 0 Å². The lowest BCUT2D eigenvalue weighted by molar-refractivity contribution is 0.311. The van der Waals surface area contributed by atoms with Crippen LogP contribution in [0, 0.1) is 17.2 Å². The van der Waals surface area contributed by atoms with Gasteiger partial charge in [-0.3, -0.25) is 10.4 Å². The van der Waals surface area contributed by atoms with Crippen molar-refractivity contribution in [1.82, 2.24) is 4.98 Å². The second kappa shape index (κ2) is 5.38. The fourth-order valence-electron chi connectivity index (χ4n) is 2.67. The average Bonchev–Trinajstić information content (AvgIpc) is 2.39. The number of hydrogen-bond acceptors (Lipinski definition) is 3. The quantitative estimate of drug-likeness (QED) is 0.635. The first-order chi connectivity index (χ1) is 8.59. The summed E-state index contributed by atoms with van der Waals surface area (Å²) in [6.45, 7) is 6.67. The molecule has 4 nitrogen and oxygen atoms in total. The van der Waals surface area contributed by atoms with Gasteiger partial charge in [0.1, 0.15) is 5.84 Å². The molecule has 0 radical (unpaired) electrons. The summed E-state index contributed by atoms with van der Waals surface area (Å²) in [5.41, 5.74) is 7.43. The van der Waals surface area contributed by atoms with E-state index in [4.69, 9.17) is 11.1 Å². The van der Waals surface area contributed by atoms with Gasteiger partial charge in [-0.15, -0.1) is 0 Å². The fourth-order valence-corrected chi connectivity index (χ4v) is 2.67. The number of nitrogens with two attached hydrogens (primary N) is 1. The predicted molar refractivity (Wildman–Crippen MR) is 75.0 cm³/mol. The number of aromatic nitrogens is 1. The third-order valence-corrected chi connectivity index (χ3v) is 3.91. The largest absolute Gasteiger partial charge is 0.384 e. The van der Waals surface area contributed by atoms with Crippen molar-refractivity contribution < 1.29 is 0 Å². The maximum Gasteiger partial charge on any atom is 0.125 e.